The van der Waals surface area contributed by atoms with Gasteiger partial charge in [0.1, 0.15) is 5.92 Å². The highest BCUT2D eigenvalue weighted by Gasteiger charge is 2.31. The quantitative estimate of drug-likeness (QED) is 0.557. The number of amides is 1. The van der Waals surface area contributed by atoms with E-state index < -0.39 is 13.9 Å². The van der Waals surface area contributed by atoms with Crippen LogP contribution in [0.5, 0.6) is 0 Å². The second-order valence-electron chi connectivity index (χ2n) is 5.67. The molecular formula is C19H16ClNO3PS+. The molecule has 7 heteroatoms. The molecule has 1 aromatic heterocycles. The molecule has 2 aromatic carbocycles. The molecule has 0 aliphatic carbocycles. The monoisotopic (exact) mass is 404 g/mol. The third kappa shape index (κ3) is 4.57. The van der Waals surface area contributed by atoms with Crippen LogP contribution in [0.25, 0.3) is 16.2 Å². The molecule has 26 heavy (non-hydrogen) atoms. The number of thiophene rings is 1. The molecule has 0 bridgehead atoms. The highest BCUT2D eigenvalue weighted by Crippen LogP contribution is 2.36. The van der Waals surface area contributed by atoms with Gasteiger partial charge in [-0.05, 0) is 50.7 Å². The van der Waals surface area contributed by atoms with Gasteiger partial charge in [0.05, 0.1) is 0 Å². The lowest BCUT2D eigenvalue weighted by atomic mass is 9.99. The van der Waals surface area contributed by atoms with Crippen LogP contribution in [0.3, 0.4) is 0 Å². The number of rotatable bonds is 6. The summed E-state index contributed by atoms with van der Waals surface area (Å²) in [6, 6.07) is 15.0. The second-order valence-corrected chi connectivity index (χ2v) is 8.09. The number of benzene rings is 2. The smallest absolute Gasteiger partial charge is 0.332 e. The third-order valence-electron chi connectivity index (χ3n) is 3.90. The van der Waals surface area contributed by atoms with Crippen molar-refractivity contribution in [3.8, 4) is 0 Å². The highest BCUT2D eigenvalue weighted by molar-refractivity contribution is 7.38. The molecule has 0 aliphatic heterocycles. The van der Waals surface area contributed by atoms with E-state index in [4.69, 9.17) is 11.6 Å². The second kappa shape index (κ2) is 8.56. The fourth-order valence-corrected chi connectivity index (χ4v) is 4.50. The maximum absolute atomic E-state index is 12.7. The van der Waals surface area contributed by atoms with Gasteiger partial charge in [0.15, 0.2) is 6.16 Å². The minimum absolute atomic E-state index is 0.140. The molecule has 3 aromatic rings. The van der Waals surface area contributed by atoms with Crippen LogP contribution >= 0.6 is 31.0 Å². The van der Waals surface area contributed by atoms with Crippen LogP contribution in [-0.4, -0.2) is 17.0 Å². The third-order valence-corrected chi connectivity index (χ3v) is 5.79. The Kier molecular flexibility index (Phi) is 6.17. The number of carbonyl (C=O) groups excluding carboxylic acids is 1. The molecular weight excluding hydrogens is 389 g/mol. The predicted octanol–water partition coefficient (Wildman–Crippen LogP) is 5.16. The van der Waals surface area contributed by atoms with Gasteiger partial charge in [-0.3, -0.25) is 4.79 Å². The van der Waals surface area contributed by atoms with Crippen LogP contribution in [0.2, 0.25) is 5.02 Å². The fraction of sp³-hybridized carbons (Fsp3) is 0.105. The summed E-state index contributed by atoms with van der Waals surface area (Å²) >= 11 is 7.56. The molecule has 0 saturated carbocycles. The predicted molar refractivity (Wildman–Crippen MR) is 108 cm³/mol. The Morgan fingerprint density at radius 3 is 2.77 bits per heavy atom. The zero-order chi connectivity index (χ0) is 18.5. The molecule has 0 spiro atoms. The molecule has 0 radical (unpaired) electrons. The number of carbonyl (C=O) groups is 1. The molecule has 2 atom stereocenters. The summed E-state index contributed by atoms with van der Waals surface area (Å²) in [7, 11) is -2.46. The zero-order valence-electron chi connectivity index (χ0n) is 13.6. The summed E-state index contributed by atoms with van der Waals surface area (Å²) < 4.78 is 12.4. The van der Waals surface area contributed by atoms with E-state index in [1.54, 1.807) is 24.4 Å². The van der Waals surface area contributed by atoms with Crippen molar-refractivity contribution in [2.24, 2.45) is 0 Å². The van der Waals surface area contributed by atoms with Gasteiger partial charge in [-0.25, -0.2) is 0 Å². The Bertz CT molecular complexity index is 971. The average Bonchev–Trinajstić information content (AvgIpc) is 3.03. The molecule has 2 unspecified atom stereocenters. The van der Waals surface area contributed by atoms with Gasteiger partial charge < -0.3 is 5.32 Å². The van der Waals surface area contributed by atoms with Gasteiger partial charge in [0.25, 0.3) is 0 Å². The van der Waals surface area contributed by atoms with E-state index in [-0.39, 0.29) is 12.1 Å². The number of fused-ring (bicyclic) bond motifs is 1. The van der Waals surface area contributed by atoms with Crippen molar-refractivity contribution < 1.29 is 14.3 Å². The molecule has 4 nitrogen and oxygen atoms in total. The van der Waals surface area contributed by atoms with Crippen LogP contribution in [0.15, 0.2) is 60.1 Å². The van der Waals surface area contributed by atoms with Gasteiger partial charge >= 0.3 is 8.03 Å². The van der Waals surface area contributed by atoms with E-state index in [0.717, 1.165) is 21.2 Å². The van der Waals surface area contributed by atoms with Crippen LogP contribution in [0.1, 0.15) is 17.0 Å². The Labute approximate surface area is 161 Å². The first-order chi connectivity index (χ1) is 12.5. The number of nitrogens with one attached hydrogen (secondary N) is 1. The van der Waals surface area contributed by atoms with Crippen molar-refractivity contribution in [1.29, 1.82) is 0 Å². The van der Waals surface area contributed by atoms with Gasteiger partial charge in [-0.1, -0.05) is 41.9 Å². The lowest BCUT2D eigenvalue weighted by Gasteiger charge is -2.10. The lowest BCUT2D eigenvalue weighted by molar-refractivity contribution is -0.121. The van der Waals surface area contributed by atoms with Crippen molar-refractivity contribution in [2.75, 3.05) is 6.16 Å². The van der Waals surface area contributed by atoms with Crippen LogP contribution in [0.4, 0.5) is 0 Å². The normalized spacial score (nSPS) is 13.1. The summed E-state index contributed by atoms with van der Waals surface area (Å²) in [6.07, 6.45) is 3.19. The Morgan fingerprint density at radius 2 is 2.04 bits per heavy atom. The number of hydrogen-bond donors (Lipinski definition) is 2. The average molecular weight is 405 g/mol. The first-order valence-electron chi connectivity index (χ1n) is 7.87. The first-order valence-corrected chi connectivity index (χ1v) is 10.5. The van der Waals surface area contributed by atoms with Crippen LogP contribution in [-0.2, 0) is 9.36 Å². The summed E-state index contributed by atoms with van der Waals surface area (Å²) in [5.41, 5.74) is 1.67. The van der Waals surface area contributed by atoms with E-state index >= 15 is 0 Å². The van der Waals surface area contributed by atoms with E-state index in [1.807, 2.05) is 41.8 Å². The molecule has 2 N–H and O–H groups in total. The van der Waals surface area contributed by atoms with Crippen molar-refractivity contribution in [3.63, 3.8) is 0 Å². The SMILES string of the molecule is O=C(N/C=C/c1ccccc1)C(C[P+](=O)O)c1csc2ccc(Cl)cc12. The molecule has 1 amide bonds. The van der Waals surface area contributed by atoms with E-state index in [0.29, 0.717) is 5.02 Å². The molecule has 1 heterocycles. The van der Waals surface area contributed by atoms with E-state index in [2.05, 4.69) is 5.32 Å². The highest BCUT2D eigenvalue weighted by atomic mass is 35.5. The van der Waals surface area contributed by atoms with Gasteiger partial charge in [-0.15, -0.1) is 11.3 Å². The fourth-order valence-electron chi connectivity index (χ4n) is 2.65. The molecule has 0 fully saturated rings. The molecule has 3 rings (SSSR count). The number of hydrogen-bond acceptors (Lipinski definition) is 3. The Morgan fingerprint density at radius 1 is 1.27 bits per heavy atom. The van der Waals surface area contributed by atoms with Crippen LogP contribution in [0, 0.1) is 0 Å². The first kappa shape index (κ1) is 18.7. The summed E-state index contributed by atoms with van der Waals surface area (Å²) in [5, 5.41) is 5.97. The van der Waals surface area contributed by atoms with Gasteiger partial charge in [0.2, 0.25) is 5.91 Å². The van der Waals surface area contributed by atoms with Crippen molar-refractivity contribution >= 4 is 53.0 Å². The Balaban J connectivity index is 1.85. The minimum Gasteiger partial charge on any atom is -0.332 e. The van der Waals surface area contributed by atoms with E-state index in [9.17, 15) is 14.3 Å². The number of halogens is 1. The molecule has 132 valence electrons. The largest absolute Gasteiger partial charge is 0.506 e. The van der Waals surface area contributed by atoms with E-state index in [1.165, 1.54) is 11.3 Å². The van der Waals surface area contributed by atoms with Crippen molar-refractivity contribution in [2.45, 2.75) is 5.92 Å². The Hall–Kier alpha value is -2.04. The van der Waals surface area contributed by atoms with Crippen molar-refractivity contribution in [3.05, 3.63) is 76.3 Å². The lowest BCUT2D eigenvalue weighted by Crippen LogP contribution is -2.26. The topological polar surface area (TPSA) is 66.4 Å². The maximum Gasteiger partial charge on any atom is 0.506 e. The van der Waals surface area contributed by atoms with Crippen molar-refractivity contribution in [1.82, 2.24) is 5.32 Å². The van der Waals surface area contributed by atoms with Gasteiger partial charge in [-0.2, -0.15) is 4.89 Å². The van der Waals surface area contributed by atoms with Crippen LogP contribution < -0.4 is 5.32 Å². The minimum atomic E-state index is -2.46. The molecule has 0 saturated heterocycles. The molecule has 0 aliphatic rings. The maximum atomic E-state index is 12.7. The van der Waals surface area contributed by atoms with Gasteiger partial charge in [0, 0.05) is 15.9 Å². The standard InChI is InChI=1S/C19H15ClNO3PS/c20-14-6-7-18-15(10-14)17(12-26-18)16(11-25(23)24)19(22)21-9-8-13-4-2-1-3-5-13/h1-10,12,16H,11H2,(H-,21,22,23,24)/p+1/b9-8+. The summed E-state index contributed by atoms with van der Waals surface area (Å²) in [4.78, 5) is 22.1. The summed E-state index contributed by atoms with van der Waals surface area (Å²) in [5.74, 6) is -1.05. The zero-order valence-corrected chi connectivity index (χ0v) is 16.1. The summed E-state index contributed by atoms with van der Waals surface area (Å²) in [6.45, 7) is 0.